The summed E-state index contributed by atoms with van der Waals surface area (Å²) in [6, 6.07) is 15.7. The van der Waals surface area contributed by atoms with Gasteiger partial charge in [-0.3, -0.25) is 4.79 Å². The number of carbonyl (C=O) groups excluding carboxylic acids is 1. The Morgan fingerprint density at radius 1 is 1.12 bits per heavy atom. The molecule has 0 spiro atoms. The largest absolute Gasteiger partial charge is 0.423 e. The average molecular weight is 437 g/mol. The van der Waals surface area contributed by atoms with Crippen molar-refractivity contribution in [3.8, 4) is 5.82 Å². The van der Waals surface area contributed by atoms with Crippen LogP contribution in [0.15, 0.2) is 70.0 Å². The molecule has 1 aromatic carbocycles. The first-order valence-corrected chi connectivity index (χ1v) is 10.7. The summed E-state index contributed by atoms with van der Waals surface area (Å²) in [5, 5.41) is 9.06. The highest BCUT2D eigenvalue weighted by molar-refractivity contribution is 6.13. The van der Waals surface area contributed by atoms with Crippen LogP contribution in [0.4, 0.5) is 5.69 Å². The number of aryl methyl sites for hydroxylation is 1. The minimum Gasteiger partial charge on any atom is -0.423 e. The summed E-state index contributed by atoms with van der Waals surface area (Å²) in [6.45, 7) is 1.87. The second kappa shape index (κ2) is 7.37. The number of hydrogen-bond acceptors (Lipinski definition) is 6. The molecular weight excluding hydrogens is 418 g/mol. The monoisotopic (exact) mass is 437 g/mol. The van der Waals surface area contributed by atoms with Crippen molar-refractivity contribution in [2.45, 2.75) is 25.7 Å². The highest BCUT2D eigenvalue weighted by Crippen LogP contribution is 2.40. The zero-order chi connectivity index (χ0) is 22.5. The van der Waals surface area contributed by atoms with E-state index in [1.807, 2.05) is 31.2 Å². The van der Waals surface area contributed by atoms with Crippen LogP contribution < -0.4 is 10.9 Å². The van der Waals surface area contributed by atoms with Crippen LogP contribution in [0.25, 0.3) is 27.8 Å². The highest BCUT2D eigenvalue weighted by atomic mass is 16.4. The standard InChI is InChI=1S/C25H19N5O3/c1-14-23-18(25(32)27-17-8-9-20-16(12-17)7-10-22(31)33-20)13-19(15-5-6-15)28-24(23)30(29-14)21-4-2-3-11-26-21/h2-4,7-13,15H,5-6H2,1H3,(H,27,32). The fourth-order valence-electron chi connectivity index (χ4n) is 4.06. The summed E-state index contributed by atoms with van der Waals surface area (Å²) >= 11 is 0. The second-order valence-electron chi connectivity index (χ2n) is 8.21. The van der Waals surface area contributed by atoms with Gasteiger partial charge in [0.1, 0.15) is 5.58 Å². The van der Waals surface area contributed by atoms with E-state index in [0.29, 0.717) is 45.3 Å². The number of fused-ring (bicyclic) bond motifs is 2. The molecule has 0 radical (unpaired) electrons. The summed E-state index contributed by atoms with van der Waals surface area (Å²) in [4.78, 5) is 34.2. The number of carbonyl (C=O) groups is 1. The minimum atomic E-state index is -0.411. The van der Waals surface area contributed by atoms with Crippen molar-refractivity contribution in [2.75, 3.05) is 5.32 Å². The Balaban J connectivity index is 1.46. The molecule has 0 aliphatic heterocycles. The molecule has 1 amide bonds. The van der Waals surface area contributed by atoms with Crippen LogP contribution in [0.5, 0.6) is 0 Å². The molecule has 1 N–H and O–H groups in total. The number of nitrogens with zero attached hydrogens (tertiary/aromatic N) is 4. The number of anilines is 1. The Labute approximate surface area is 187 Å². The molecular formula is C25H19N5O3. The minimum absolute atomic E-state index is 0.246. The summed E-state index contributed by atoms with van der Waals surface area (Å²) in [5.74, 6) is 0.764. The van der Waals surface area contributed by atoms with Gasteiger partial charge in [0.25, 0.3) is 5.91 Å². The van der Waals surface area contributed by atoms with Gasteiger partial charge in [-0.25, -0.2) is 14.8 Å². The topological polar surface area (TPSA) is 103 Å². The number of rotatable bonds is 4. The molecule has 4 aromatic heterocycles. The molecule has 1 aliphatic rings. The molecule has 33 heavy (non-hydrogen) atoms. The van der Waals surface area contributed by atoms with E-state index >= 15 is 0 Å². The zero-order valence-electron chi connectivity index (χ0n) is 17.8. The van der Waals surface area contributed by atoms with E-state index in [1.54, 1.807) is 35.1 Å². The molecule has 1 aliphatic carbocycles. The van der Waals surface area contributed by atoms with Gasteiger partial charge < -0.3 is 9.73 Å². The van der Waals surface area contributed by atoms with Gasteiger partial charge in [0, 0.05) is 34.9 Å². The molecule has 0 unspecified atom stereocenters. The third-order valence-corrected chi connectivity index (χ3v) is 5.82. The Kier molecular flexibility index (Phi) is 4.33. The Morgan fingerprint density at radius 3 is 2.79 bits per heavy atom. The van der Waals surface area contributed by atoms with E-state index in [2.05, 4.69) is 15.4 Å². The molecule has 1 fully saturated rings. The molecule has 1 saturated carbocycles. The Bertz CT molecular complexity index is 1600. The van der Waals surface area contributed by atoms with Crippen LogP contribution in [0, 0.1) is 6.92 Å². The van der Waals surface area contributed by atoms with Crippen molar-refractivity contribution >= 4 is 33.6 Å². The van der Waals surface area contributed by atoms with Crippen molar-refractivity contribution in [1.29, 1.82) is 0 Å². The van der Waals surface area contributed by atoms with E-state index in [1.165, 1.54) is 6.07 Å². The summed E-state index contributed by atoms with van der Waals surface area (Å²) in [5.41, 5.74) is 3.42. The lowest BCUT2D eigenvalue weighted by Crippen LogP contribution is -2.14. The number of benzene rings is 1. The van der Waals surface area contributed by atoms with Gasteiger partial charge >= 0.3 is 5.63 Å². The van der Waals surface area contributed by atoms with Gasteiger partial charge in [0.05, 0.1) is 16.6 Å². The first-order valence-electron chi connectivity index (χ1n) is 10.7. The van der Waals surface area contributed by atoms with Crippen LogP contribution in [-0.2, 0) is 0 Å². The predicted molar refractivity (Wildman–Crippen MR) is 124 cm³/mol. The van der Waals surface area contributed by atoms with Gasteiger partial charge in [-0.05, 0) is 62.2 Å². The van der Waals surface area contributed by atoms with E-state index in [-0.39, 0.29) is 5.91 Å². The number of aromatic nitrogens is 4. The molecule has 8 heteroatoms. The van der Waals surface area contributed by atoms with Crippen LogP contribution in [0.3, 0.4) is 0 Å². The lowest BCUT2D eigenvalue weighted by Gasteiger charge is -2.10. The fourth-order valence-corrected chi connectivity index (χ4v) is 4.06. The van der Waals surface area contributed by atoms with Gasteiger partial charge in [0.2, 0.25) is 0 Å². The molecule has 0 bridgehead atoms. The molecule has 5 aromatic rings. The smallest absolute Gasteiger partial charge is 0.336 e. The van der Waals surface area contributed by atoms with E-state index in [0.717, 1.165) is 23.9 Å². The van der Waals surface area contributed by atoms with Crippen LogP contribution >= 0.6 is 0 Å². The number of hydrogen-bond donors (Lipinski definition) is 1. The molecule has 6 rings (SSSR count). The predicted octanol–water partition coefficient (Wildman–Crippen LogP) is 4.36. The molecule has 0 saturated heterocycles. The first kappa shape index (κ1) is 19.4. The van der Waals surface area contributed by atoms with Crippen molar-refractivity contribution in [3.63, 3.8) is 0 Å². The van der Waals surface area contributed by atoms with Gasteiger partial charge in [0.15, 0.2) is 11.5 Å². The number of pyridine rings is 2. The van der Waals surface area contributed by atoms with Crippen LogP contribution in [0.1, 0.15) is 40.5 Å². The molecule has 4 heterocycles. The first-order chi connectivity index (χ1) is 16.1. The van der Waals surface area contributed by atoms with Gasteiger partial charge in [-0.15, -0.1) is 0 Å². The van der Waals surface area contributed by atoms with Crippen molar-refractivity contribution in [3.05, 3.63) is 88.2 Å². The lowest BCUT2D eigenvalue weighted by molar-refractivity contribution is 0.102. The van der Waals surface area contributed by atoms with Crippen molar-refractivity contribution < 1.29 is 9.21 Å². The number of amides is 1. The normalized spacial score (nSPS) is 13.5. The lowest BCUT2D eigenvalue weighted by atomic mass is 10.1. The molecule has 0 atom stereocenters. The Hall–Kier alpha value is -4.33. The van der Waals surface area contributed by atoms with E-state index in [9.17, 15) is 9.59 Å². The fraction of sp³-hybridized carbons (Fsp3) is 0.160. The zero-order valence-corrected chi connectivity index (χ0v) is 17.8. The SMILES string of the molecule is Cc1nn(-c2ccccn2)c2nc(C3CC3)cc(C(=O)Nc3ccc4oc(=O)ccc4c3)c12. The number of nitrogens with one attached hydrogen (secondary N) is 1. The quantitative estimate of drug-likeness (QED) is 0.419. The van der Waals surface area contributed by atoms with Crippen LogP contribution in [-0.4, -0.2) is 25.7 Å². The Morgan fingerprint density at radius 2 is 2.00 bits per heavy atom. The van der Waals surface area contributed by atoms with Gasteiger partial charge in [-0.1, -0.05) is 6.07 Å². The van der Waals surface area contributed by atoms with Crippen LogP contribution in [0.2, 0.25) is 0 Å². The van der Waals surface area contributed by atoms with E-state index in [4.69, 9.17) is 9.40 Å². The highest BCUT2D eigenvalue weighted by Gasteiger charge is 2.29. The molecule has 8 nitrogen and oxygen atoms in total. The maximum Gasteiger partial charge on any atom is 0.336 e. The average Bonchev–Trinajstić information content (AvgIpc) is 3.63. The summed E-state index contributed by atoms with van der Waals surface area (Å²) in [7, 11) is 0. The maximum absolute atomic E-state index is 13.4. The molecule has 162 valence electrons. The van der Waals surface area contributed by atoms with Gasteiger partial charge in [-0.2, -0.15) is 9.78 Å². The second-order valence-corrected chi connectivity index (χ2v) is 8.21. The van der Waals surface area contributed by atoms with Crippen molar-refractivity contribution in [2.24, 2.45) is 0 Å². The maximum atomic E-state index is 13.4. The van der Waals surface area contributed by atoms with E-state index < -0.39 is 5.63 Å². The van der Waals surface area contributed by atoms with Crippen molar-refractivity contribution in [1.82, 2.24) is 19.7 Å². The summed E-state index contributed by atoms with van der Waals surface area (Å²) in [6.07, 6.45) is 3.83. The summed E-state index contributed by atoms with van der Waals surface area (Å²) < 4.78 is 6.88. The third-order valence-electron chi connectivity index (χ3n) is 5.82. The third kappa shape index (κ3) is 3.45.